The highest BCUT2D eigenvalue weighted by molar-refractivity contribution is 5.81. The van der Waals surface area contributed by atoms with Gasteiger partial charge in [-0.3, -0.25) is 0 Å². The van der Waals surface area contributed by atoms with Crippen LogP contribution in [-0.4, -0.2) is 0 Å². The Hall–Kier alpha value is -1.82. The molecule has 0 aliphatic heterocycles. The number of fused-ring (bicyclic) bond motifs is 1. The maximum Gasteiger partial charge on any atom is -0.0100 e. The van der Waals surface area contributed by atoms with Gasteiger partial charge in [0.1, 0.15) is 0 Å². The van der Waals surface area contributed by atoms with Crippen LogP contribution in [0.1, 0.15) is 80.8 Å². The van der Waals surface area contributed by atoms with E-state index in [9.17, 15) is 0 Å². The van der Waals surface area contributed by atoms with Crippen LogP contribution in [0.5, 0.6) is 0 Å². The molecule has 0 radical (unpaired) electrons. The van der Waals surface area contributed by atoms with E-state index < -0.39 is 0 Å². The summed E-state index contributed by atoms with van der Waals surface area (Å²) in [5, 5.41) is 0. The molecule has 1 aliphatic rings. The van der Waals surface area contributed by atoms with Crippen LogP contribution in [0.3, 0.4) is 0 Å². The largest absolute Gasteiger partial charge is 0.0587 e. The van der Waals surface area contributed by atoms with Gasteiger partial charge >= 0.3 is 0 Å². The number of hydrogen-bond acceptors (Lipinski definition) is 0. The van der Waals surface area contributed by atoms with Crippen molar-refractivity contribution in [1.82, 2.24) is 0 Å². The van der Waals surface area contributed by atoms with Crippen molar-refractivity contribution in [3.63, 3.8) is 0 Å². The smallest absolute Gasteiger partial charge is 0.0100 e. The van der Waals surface area contributed by atoms with Gasteiger partial charge in [-0.25, -0.2) is 0 Å². The van der Waals surface area contributed by atoms with E-state index in [1.807, 2.05) is 0 Å². The van der Waals surface area contributed by atoms with Crippen LogP contribution >= 0.6 is 0 Å². The van der Waals surface area contributed by atoms with Gasteiger partial charge in [0.25, 0.3) is 0 Å². The molecule has 1 aliphatic carbocycles. The fourth-order valence-corrected chi connectivity index (χ4v) is 4.14. The van der Waals surface area contributed by atoms with E-state index in [4.69, 9.17) is 0 Å². The molecule has 0 amide bonds. The van der Waals surface area contributed by atoms with Crippen LogP contribution < -0.4 is 0 Å². The summed E-state index contributed by atoms with van der Waals surface area (Å²) in [7, 11) is 0. The van der Waals surface area contributed by atoms with E-state index >= 15 is 0 Å². The second-order valence-corrected chi connectivity index (χ2v) is 9.22. The molecule has 0 saturated carbocycles. The quantitative estimate of drug-likeness (QED) is 0.509. The lowest BCUT2D eigenvalue weighted by molar-refractivity contribution is 0.332. The van der Waals surface area contributed by atoms with Crippen LogP contribution in [-0.2, 0) is 10.8 Å². The molecule has 25 heavy (non-hydrogen) atoms. The fraction of sp³-hybridized carbons (Fsp3) is 0.440. The number of allylic oxidation sites excluding steroid dienone is 1. The summed E-state index contributed by atoms with van der Waals surface area (Å²) < 4.78 is 0. The average Bonchev–Trinajstić information content (AvgIpc) is 2.54. The third kappa shape index (κ3) is 3.45. The number of rotatable bonds is 2. The monoisotopic (exact) mass is 332 g/mol. The molecule has 3 rings (SSSR count). The van der Waals surface area contributed by atoms with Gasteiger partial charge in [0.15, 0.2) is 0 Å². The molecule has 0 saturated heterocycles. The first-order chi connectivity index (χ1) is 11.6. The van der Waals surface area contributed by atoms with Crippen LogP contribution in [0.15, 0.2) is 36.4 Å². The molecule has 0 heterocycles. The number of benzene rings is 2. The fourth-order valence-electron chi connectivity index (χ4n) is 4.14. The Kier molecular flexibility index (Phi) is 4.43. The number of hydrogen-bond donors (Lipinski definition) is 0. The van der Waals surface area contributed by atoms with E-state index in [1.165, 1.54) is 51.8 Å². The Bertz CT molecular complexity index is 831. The van der Waals surface area contributed by atoms with Crippen LogP contribution in [0.4, 0.5) is 0 Å². The highest BCUT2D eigenvalue weighted by Gasteiger charge is 2.36. The minimum absolute atomic E-state index is 0.265. The van der Waals surface area contributed by atoms with Crippen molar-refractivity contribution in [1.29, 1.82) is 0 Å². The molecule has 0 heteroatoms. The van der Waals surface area contributed by atoms with E-state index in [-0.39, 0.29) is 10.8 Å². The summed E-state index contributed by atoms with van der Waals surface area (Å²) in [5.74, 6) is 0. The maximum atomic E-state index is 2.45. The Morgan fingerprint density at radius 3 is 2.12 bits per heavy atom. The summed E-state index contributed by atoms with van der Waals surface area (Å²) in [6, 6.07) is 13.8. The van der Waals surface area contributed by atoms with Crippen molar-refractivity contribution in [2.45, 2.75) is 72.1 Å². The summed E-state index contributed by atoms with van der Waals surface area (Å²) in [6.45, 7) is 16.2. The van der Waals surface area contributed by atoms with Gasteiger partial charge in [0, 0.05) is 0 Å². The molecule has 0 spiro atoms. The normalized spacial score (nSPS) is 18.8. The Balaban J connectivity index is 2.05. The highest BCUT2D eigenvalue weighted by atomic mass is 14.4. The predicted octanol–water partition coefficient (Wildman–Crippen LogP) is 7.21. The number of aryl methyl sites for hydroxylation is 2. The second kappa shape index (κ2) is 6.16. The standard InChI is InChI=1S/C25H32/c1-17-8-9-20(18(2)14-17)15-19(3)21-10-11-22-23(16-21)25(6,7)13-12-24(22,4)5/h8-11,14-16H,12-13H2,1-7H3/b19-15+. The molecular formula is C25H32. The molecule has 132 valence electrons. The minimum Gasteiger partial charge on any atom is -0.0587 e. The molecule has 0 aromatic heterocycles. The van der Waals surface area contributed by atoms with Crippen molar-refractivity contribution in [2.24, 2.45) is 0 Å². The molecular weight excluding hydrogens is 300 g/mol. The molecule has 0 fully saturated rings. The molecule has 2 aromatic rings. The van der Waals surface area contributed by atoms with Gasteiger partial charge in [0.2, 0.25) is 0 Å². The Morgan fingerprint density at radius 1 is 0.840 bits per heavy atom. The second-order valence-electron chi connectivity index (χ2n) is 9.22. The Morgan fingerprint density at radius 2 is 1.48 bits per heavy atom. The zero-order valence-electron chi connectivity index (χ0n) is 17.0. The summed E-state index contributed by atoms with van der Waals surface area (Å²) in [5.41, 5.74) is 10.3. The van der Waals surface area contributed by atoms with Crippen molar-refractivity contribution in [2.75, 3.05) is 0 Å². The van der Waals surface area contributed by atoms with Gasteiger partial charge in [-0.05, 0) is 77.8 Å². The van der Waals surface area contributed by atoms with Gasteiger partial charge < -0.3 is 0 Å². The van der Waals surface area contributed by atoms with E-state index in [1.54, 1.807) is 0 Å². The lowest BCUT2D eigenvalue weighted by atomic mass is 9.63. The molecule has 0 N–H and O–H groups in total. The van der Waals surface area contributed by atoms with Crippen molar-refractivity contribution in [3.8, 4) is 0 Å². The predicted molar refractivity (Wildman–Crippen MR) is 111 cm³/mol. The first-order valence-corrected chi connectivity index (χ1v) is 9.51. The first kappa shape index (κ1) is 18.0. The molecule has 0 atom stereocenters. The third-order valence-corrected chi connectivity index (χ3v) is 6.11. The summed E-state index contributed by atoms with van der Waals surface area (Å²) in [6.07, 6.45) is 4.86. The van der Waals surface area contributed by atoms with Crippen LogP contribution in [0.25, 0.3) is 11.6 Å². The van der Waals surface area contributed by atoms with E-state index in [2.05, 4.69) is 90.9 Å². The van der Waals surface area contributed by atoms with Crippen LogP contribution in [0, 0.1) is 13.8 Å². The third-order valence-electron chi connectivity index (χ3n) is 6.11. The Labute approximate surface area is 154 Å². The SMILES string of the molecule is C/C(=C\c1ccc(C)cc1C)c1ccc2c(c1)C(C)(C)CCC2(C)C. The maximum absolute atomic E-state index is 2.45. The van der Waals surface area contributed by atoms with Crippen molar-refractivity contribution >= 4 is 11.6 Å². The van der Waals surface area contributed by atoms with Crippen molar-refractivity contribution < 1.29 is 0 Å². The van der Waals surface area contributed by atoms with Gasteiger partial charge in [-0.2, -0.15) is 0 Å². The van der Waals surface area contributed by atoms with Gasteiger partial charge in [-0.15, -0.1) is 0 Å². The van der Waals surface area contributed by atoms with Crippen LogP contribution in [0.2, 0.25) is 0 Å². The topological polar surface area (TPSA) is 0 Å². The molecule has 0 nitrogen and oxygen atoms in total. The zero-order valence-corrected chi connectivity index (χ0v) is 17.0. The average molecular weight is 333 g/mol. The minimum atomic E-state index is 0.265. The summed E-state index contributed by atoms with van der Waals surface area (Å²) in [4.78, 5) is 0. The molecule has 2 aromatic carbocycles. The van der Waals surface area contributed by atoms with Gasteiger partial charge in [0.05, 0.1) is 0 Å². The summed E-state index contributed by atoms with van der Waals surface area (Å²) >= 11 is 0. The first-order valence-electron chi connectivity index (χ1n) is 9.51. The molecule has 0 bridgehead atoms. The van der Waals surface area contributed by atoms with E-state index in [0.717, 1.165) is 0 Å². The highest BCUT2D eigenvalue weighted by Crippen LogP contribution is 2.46. The molecule has 0 unspecified atom stereocenters. The lowest BCUT2D eigenvalue weighted by Crippen LogP contribution is -2.33. The van der Waals surface area contributed by atoms with E-state index in [0.29, 0.717) is 0 Å². The van der Waals surface area contributed by atoms with Gasteiger partial charge in [-0.1, -0.05) is 75.7 Å². The zero-order chi connectivity index (χ0) is 18.4. The van der Waals surface area contributed by atoms with Crippen molar-refractivity contribution in [3.05, 3.63) is 69.8 Å². The lowest BCUT2D eigenvalue weighted by Gasteiger charge is -2.42.